The Morgan fingerprint density at radius 2 is 2.00 bits per heavy atom. The van der Waals surface area contributed by atoms with Crippen LogP contribution in [0.3, 0.4) is 0 Å². The Morgan fingerprint density at radius 1 is 1.36 bits per heavy atom. The molecule has 0 aliphatic rings. The molecular weight excluding hydrogens is 156 g/mol. The first-order valence-corrected chi connectivity index (χ1v) is 5.05. The molecule has 1 aromatic heterocycles. The molecule has 0 unspecified atom stereocenters. The third-order valence-corrected chi connectivity index (χ3v) is 1.99. The molecule has 0 spiro atoms. The Labute approximate surface area is 71.5 Å². The molecule has 0 radical (unpaired) electrons. The van der Waals surface area contributed by atoms with E-state index in [9.17, 15) is 0 Å². The summed E-state index contributed by atoms with van der Waals surface area (Å²) in [4.78, 5) is 8.41. The molecule has 1 rings (SSSR count). The van der Waals surface area contributed by atoms with Crippen molar-refractivity contribution in [3.63, 3.8) is 0 Å². The van der Waals surface area contributed by atoms with Crippen LogP contribution in [0.15, 0.2) is 12.4 Å². The number of hydrogen-bond donors (Lipinski definition) is 0. The molecule has 0 saturated carbocycles. The van der Waals surface area contributed by atoms with Crippen LogP contribution < -0.4 is 0 Å². The molecule has 1 heterocycles. The zero-order valence-corrected chi connectivity index (χ0v) is 7.69. The monoisotopic (exact) mass is 168 g/mol. The van der Waals surface area contributed by atoms with Crippen molar-refractivity contribution < 1.29 is 0 Å². The van der Waals surface area contributed by atoms with Gasteiger partial charge >= 0.3 is 0 Å². The number of thioether (sulfide) groups is 1. The van der Waals surface area contributed by atoms with Crippen molar-refractivity contribution in [2.75, 3.05) is 6.26 Å². The number of rotatable bonds is 3. The minimum absolute atomic E-state index is 0.907. The quantitative estimate of drug-likeness (QED) is 0.689. The van der Waals surface area contributed by atoms with Crippen LogP contribution in [0.4, 0.5) is 0 Å². The van der Waals surface area contributed by atoms with Gasteiger partial charge in [0.15, 0.2) is 0 Å². The second-order valence-corrected chi connectivity index (χ2v) is 3.16. The molecule has 2 nitrogen and oxygen atoms in total. The number of nitrogens with zero attached hydrogens (tertiary/aromatic N) is 2. The van der Waals surface area contributed by atoms with Gasteiger partial charge in [-0.05, 0) is 18.2 Å². The number of hydrogen-bond acceptors (Lipinski definition) is 3. The topological polar surface area (TPSA) is 25.8 Å². The fraction of sp³-hybridized carbons (Fsp3) is 0.500. The lowest BCUT2D eigenvalue weighted by Crippen LogP contribution is -1.93. The van der Waals surface area contributed by atoms with Crippen LogP contribution >= 0.6 is 11.8 Å². The van der Waals surface area contributed by atoms with Gasteiger partial charge in [0.25, 0.3) is 0 Å². The fourth-order valence-electron chi connectivity index (χ4n) is 0.768. The maximum atomic E-state index is 4.21. The smallest absolute Gasteiger partial charge is 0.138 e. The summed E-state index contributed by atoms with van der Waals surface area (Å²) in [6.07, 6.45) is 6.87. The van der Waals surface area contributed by atoms with Gasteiger partial charge in [-0.3, -0.25) is 0 Å². The van der Waals surface area contributed by atoms with Crippen LogP contribution in [0, 0.1) is 0 Å². The molecule has 60 valence electrons. The van der Waals surface area contributed by atoms with Gasteiger partial charge < -0.3 is 0 Å². The SMILES string of the molecule is CCc1cnc(CSC)nc1. The van der Waals surface area contributed by atoms with E-state index in [2.05, 4.69) is 23.1 Å². The maximum Gasteiger partial charge on any atom is 0.138 e. The van der Waals surface area contributed by atoms with E-state index >= 15 is 0 Å². The van der Waals surface area contributed by atoms with Crippen LogP contribution in [0.25, 0.3) is 0 Å². The van der Waals surface area contributed by atoms with E-state index < -0.39 is 0 Å². The normalized spacial score (nSPS) is 10.0. The summed E-state index contributed by atoms with van der Waals surface area (Å²) in [5.74, 6) is 1.83. The zero-order chi connectivity index (χ0) is 8.10. The Balaban J connectivity index is 2.66. The highest BCUT2D eigenvalue weighted by Gasteiger charge is 1.93. The number of aromatic nitrogens is 2. The van der Waals surface area contributed by atoms with Gasteiger partial charge in [0.05, 0.1) is 5.75 Å². The van der Waals surface area contributed by atoms with Crippen molar-refractivity contribution in [2.24, 2.45) is 0 Å². The minimum atomic E-state index is 0.907. The molecule has 0 saturated heterocycles. The molecular formula is C8H12N2S. The van der Waals surface area contributed by atoms with Crippen molar-refractivity contribution in [1.29, 1.82) is 0 Å². The molecule has 0 N–H and O–H groups in total. The average Bonchev–Trinajstić information content (AvgIpc) is 2.07. The molecule has 0 amide bonds. The highest BCUT2D eigenvalue weighted by molar-refractivity contribution is 7.97. The molecule has 1 aromatic rings. The number of aryl methyl sites for hydroxylation is 1. The zero-order valence-electron chi connectivity index (χ0n) is 6.87. The second kappa shape index (κ2) is 4.34. The van der Waals surface area contributed by atoms with Gasteiger partial charge in [0.2, 0.25) is 0 Å². The van der Waals surface area contributed by atoms with Crippen LogP contribution in [-0.2, 0) is 12.2 Å². The molecule has 0 atom stereocenters. The van der Waals surface area contributed by atoms with Gasteiger partial charge in [0.1, 0.15) is 5.82 Å². The summed E-state index contributed by atoms with van der Waals surface area (Å²) in [5.41, 5.74) is 1.20. The van der Waals surface area contributed by atoms with E-state index in [1.54, 1.807) is 11.8 Å². The first-order chi connectivity index (χ1) is 5.36. The minimum Gasteiger partial charge on any atom is -0.240 e. The predicted octanol–water partition coefficient (Wildman–Crippen LogP) is 1.90. The van der Waals surface area contributed by atoms with Gasteiger partial charge in [-0.25, -0.2) is 9.97 Å². The van der Waals surface area contributed by atoms with E-state index in [0.717, 1.165) is 18.0 Å². The lowest BCUT2D eigenvalue weighted by molar-refractivity contribution is 0.979. The summed E-state index contributed by atoms with van der Waals surface area (Å²) in [6.45, 7) is 2.10. The highest BCUT2D eigenvalue weighted by atomic mass is 32.2. The molecule has 3 heteroatoms. The highest BCUT2D eigenvalue weighted by Crippen LogP contribution is 2.03. The summed E-state index contributed by atoms with van der Waals surface area (Å²) in [6, 6.07) is 0. The van der Waals surface area contributed by atoms with E-state index in [4.69, 9.17) is 0 Å². The van der Waals surface area contributed by atoms with E-state index in [1.807, 2.05) is 12.4 Å². The first-order valence-electron chi connectivity index (χ1n) is 3.65. The third-order valence-electron chi connectivity index (χ3n) is 1.44. The van der Waals surface area contributed by atoms with Gasteiger partial charge in [-0.1, -0.05) is 6.92 Å². The van der Waals surface area contributed by atoms with E-state index in [1.165, 1.54) is 5.56 Å². The third kappa shape index (κ3) is 2.50. The Morgan fingerprint density at radius 3 is 2.45 bits per heavy atom. The van der Waals surface area contributed by atoms with Crippen LogP contribution in [0.1, 0.15) is 18.3 Å². The summed E-state index contributed by atoms with van der Waals surface area (Å²) >= 11 is 1.74. The summed E-state index contributed by atoms with van der Waals surface area (Å²) in [5, 5.41) is 0. The lowest BCUT2D eigenvalue weighted by atomic mass is 10.3. The van der Waals surface area contributed by atoms with Crippen LogP contribution in [0.5, 0.6) is 0 Å². The summed E-state index contributed by atoms with van der Waals surface area (Å²) < 4.78 is 0. The largest absolute Gasteiger partial charge is 0.240 e. The van der Waals surface area contributed by atoms with Crippen LogP contribution in [0.2, 0.25) is 0 Å². The van der Waals surface area contributed by atoms with E-state index in [0.29, 0.717) is 0 Å². The Bertz CT molecular complexity index is 208. The van der Waals surface area contributed by atoms with Gasteiger partial charge in [-0.15, -0.1) is 0 Å². The molecule has 0 aliphatic heterocycles. The van der Waals surface area contributed by atoms with Crippen molar-refractivity contribution in [1.82, 2.24) is 9.97 Å². The Hall–Kier alpha value is -0.570. The van der Waals surface area contributed by atoms with Crippen molar-refractivity contribution in [2.45, 2.75) is 19.1 Å². The van der Waals surface area contributed by atoms with Crippen molar-refractivity contribution in [3.8, 4) is 0 Å². The fourth-order valence-corrected chi connectivity index (χ4v) is 1.17. The molecule has 0 aliphatic carbocycles. The maximum absolute atomic E-state index is 4.21. The molecule has 0 fully saturated rings. The molecule has 0 aromatic carbocycles. The van der Waals surface area contributed by atoms with Gasteiger partial charge in [0, 0.05) is 12.4 Å². The average molecular weight is 168 g/mol. The summed E-state index contributed by atoms with van der Waals surface area (Å²) in [7, 11) is 0. The van der Waals surface area contributed by atoms with Crippen molar-refractivity contribution in [3.05, 3.63) is 23.8 Å². The molecule has 0 bridgehead atoms. The standard InChI is InChI=1S/C8H12N2S/c1-3-7-4-9-8(6-11-2)10-5-7/h4-5H,3,6H2,1-2H3. The predicted molar refractivity (Wildman–Crippen MR) is 48.6 cm³/mol. The Kier molecular flexibility index (Phi) is 3.36. The van der Waals surface area contributed by atoms with Gasteiger partial charge in [-0.2, -0.15) is 11.8 Å². The van der Waals surface area contributed by atoms with E-state index in [-0.39, 0.29) is 0 Å². The second-order valence-electron chi connectivity index (χ2n) is 2.29. The lowest BCUT2D eigenvalue weighted by Gasteiger charge is -1.97. The molecule has 11 heavy (non-hydrogen) atoms. The van der Waals surface area contributed by atoms with Crippen molar-refractivity contribution >= 4 is 11.8 Å². The first kappa shape index (κ1) is 8.53. The van der Waals surface area contributed by atoms with Crippen LogP contribution in [-0.4, -0.2) is 16.2 Å².